The number of aromatic nitrogens is 4. The quantitative estimate of drug-likeness (QED) is 0.718. The Balaban J connectivity index is 1.51. The fraction of sp³-hybridized carbons (Fsp3) is 0.286. The van der Waals surface area contributed by atoms with Gasteiger partial charge in [-0.1, -0.05) is 0 Å². The van der Waals surface area contributed by atoms with Crippen molar-refractivity contribution in [3.8, 4) is 17.1 Å². The summed E-state index contributed by atoms with van der Waals surface area (Å²) < 4.78 is 5.12. The molecule has 3 aromatic heterocycles. The maximum Gasteiger partial charge on any atom is 0.329 e. The van der Waals surface area contributed by atoms with Crippen molar-refractivity contribution in [3.05, 3.63) is 48.5 Å². The lowest BCUT2D eigenvalue weighted by atomic mass is 10.1. The number of nitrogens with one attached hydrogen (secondary N) is 1. The lowest BCUT2D eigenvalue weighted by molar-refractivity contribution is 0.254. The van der Waals surface area contributed by atoms with Gasteiger partial charge < -0.3 is 9.64 Å². The average Bonchev–Trinajstić information content (AvgIpc) is 3.18. The van der Waals surface area contributed by atoms with Crippen molar-refractivity contribution in [2.45, 2.75) is 19.4 Å². The van der Waals surface area contributed by atoms with Crippen LogP contribution >= 0.6 is 0 Å². The van der Waals surface area contributed by atoms with E-state index in [0.717, 1.165) is 42.1 Å². The molecule has 152 valence electrons. The molecular formula is C21H21N7O2. The highest BCUT2D eigenvalue weighted by molar-refractivity contribution is 6.04. The van der Waals surface area contributed by atoms with Gasteiger partial charge in [0.05, 0.1) is 24.5 Å². The van der Waals surface area contributed by atoms with Crippen LogP contribution in [0, 0.1) is 6.92 Å². The van der Waals surface area contributed by atoms with E-state index < -0.39 is 0 Å². The molecule has 5 rings (SSSR count). The van der Waals surface area contributed by atoms with Crippen LogP contribution in [-0.2, 0) is 0 Å². The molecule has 0 aliphatic carbocycles. The van der Waals surface area contributed by atoms with Crippen molar-refractivity contribution in [1.29, 1.82) is 0 Å². The van der Waals surface area contributed by atoms with Crippen LogP contribution in [0.25, 0.3) is 11.3 Å². The molecule has 1 fully saturated rings. The Kier molecular flexibility index (Phi) is 4.42. The zero-order valence-corrected chi connectivity index (χ0v) is 16.7. The molecule has 1 atom stereocenters. The van der Waals surface area contributed by atoms with Gasteiger partial charge in [0.2, 0.25) is 5.88 Å². The van der Waals surface area contributed by atoms with Crippen LogP contribution in [0.5, 0.6) is 5.88 Å². The van der Waals surface area contributed by atoms with Gasteiger partial charge in [0.15, 0.2) is 5.82 Å². The van der Waals surface area contributed by atoms with Crippen molar-refractivity contribution >= 4 is 23.4 Å². The number of amides is 2. The Morgan fingerprint density at radius 1 is 1.20 bits per heavy atom. The van der Waals surface area contributed by atoms with E-state index in [1.807, 2.05) is 31.2 Å². The van der Waals surface area contributed by atoms with Crippen LogP contribution in [0.4, 0.5) is 22.1 Å². The summed E-state index contributed by atoms with van der Waals surface area (Å²) in [5, 5.41) is 2.86. The number of carbonyl (C=O) groups is 1. The zero-order valence-electron chi connectivity index (χ0n) is 16.7. The summed E-state index contributed by atoms with van der Waals surface area (Å²) in [6.07, 6.45) is 4.05. The first kappa shape index (κ1) is 18.3. The second-order valence-corrected chi connectivity index (χ2v) is 7.36. The van der Waals surface area contributed by atoms with Gasteiger partial charge >= 0.3 is 6.03 Å². The minimum Gasteiger partial charge on any atom is -0.481 e. The Labute approximate surface area is 173 Å². The monoisotopic (exact) mass is 403 g/mol. The Bertz CT molecular complexity index is 1100. The fourth-order valence-corrected chi connectivity index (χ4v) is 3.94. The molecule has 0 aromatic carbocycles. The van der Waals surface area contributed by atoms with Crippen molar-refractivity contribution < 1.29 is 9.53 Å². The largest absolute Gasteiger partial charge is 0.481 e. The topological polar surface area (TPSA) is 96.4 Å². The fourth-order valence-electron chi connectivity index (χ4n) is 3.94. The molecule has 2 aliphatic rings. The first-order valence-electron chi connectivity index (χ1n) is 9.77. The van der Waals surface area contributed by atoms with Crippen LogP contribution in [-0.4, -0.2) is 52.2 Å². The standard InChI is InChI=1S/C21H21N7O2/c1-13-3-4-14(10-22-13)16-5-6-17-20(25-16)28(15-7-8-27(17)11-15)21(29)26-18-9-19(30-2)24-12-23-18/h3-6,9-10,12,15H,7-8,11H2,1-2H3,(H,23,24,26,29)/t15-/m0/s1. The molecular weight excluding hydrogens is 382 g/mol. The minimum atomic E-state index is -0.268. The van der Waals surface area contributed by atoms with Gasteiger partial charge in [0, 0.05) is 36.6 Å². The number of hydrogen-bond acceptors (Lipinski definition) is 7. The van der Waals surface area contributed by atoms with E-state index >= 15 is 0 Å². The summed E-state index contributed by atoms with van der Waals surface area (Å²) in [5.74, 6) is 1.42. The first-order valence-corrected chi connectivity index (χ1v) is 9.77. The molecule has 0 unspecified atom stereocenters. The molecule has 0 spiro atoms. The van der Waals surface area contributed by atoms with Crippen LogP contribution in [0.2, 0.25) is 0 Å². The molecule has 2 bridgehead atoms. The predicted molar refractivity (Wildman–Crippen MR) is 113 cm³/mol. The molecule has 9 nitrogen and oxygen atoms in total. The number of anilines is 3. The molecule has 2 aliphatic heterocycles. The second kappa shape index (κ2) is 7.25. The molecule has 0 saturated carbocycles. The third-order valence-corrected chi connectivity index (χ3v) is 5.46. The van der Waals surface area contributed by atoms with Gasteiger partial charge in [-0.25, -0.2) is 19.7 Å². The van der Waals surface area contributed by atoms with E-state index in [2.05, 4.69) is 25.2 Å². The SMILES string of the molecule is COc1cc(NC(=O)N2c3nc(-c4ccc(C)nc4)ccc3N3CC[C@H]2C3)ncn1. The Morgan fingerprint density at radius 2 is 2.10 bits per heavy atom. The van der Waals surface area contributed by atoms with Gasteiger partial charge in [-0.2, -0.15) is 0 Å². The number of aryl methyl sites for hydroxylation is 1. The molecule has 9 heteroatoms. The maximum absolute atomic E-state index is 13.3. The third-order valence-electron chi connectivity index (χ3n) is 5.46. The molecule has 1 N–H and O–H groups in total. The number of ether oxygens (including phenoxy) is 1. The minimum absolute atomic E-state index is 0.0557. The van der Waals surface area contributed by atoms with E-state index in [4.69, 9.17) is 9.72 Å². The second-order valence-electron chi connectivity index (χ2n) is 7.36. The number of methoxy groups -OCH3 is 1. The number of pyridine rings is 2. The van der Waals surface area contributed by atoms with Crippen LogP contribution < -0.4 is 19.9 Å². The molecule has 2 amide bonds. The summed E-state index contributed by atoms with van der Waals surface area (Å²) in [6, 6.07) is 9.34. The highest BCUT2D eigenvalue weighted by Crippen LogP contribution is 2.40. The summed E-state index contributed by atoms with van der Waals surface area (Å²) in [5.41, 5.74) is 3.60. The van der Waals surface area contributed by atoms with Crippen molar-refractivity contribution in [2.24, 2.45) is 0 Å². The smallest absolute Gasteiger partial charge is 0.329 e. The van der Waals surface area contributed by atoms with Gasteiger partial charge in [-0.05, 0) is 37.6 Å². The Hall–Kier alpha value is -3.75. The molecule has 30 heavy (non-hydrogen) atoms. The number of fused-ring (bicyclic) bond motifs is 4. The Morgan fingerprint density at radius 3 is 2.90 bits per heavy atom. The van der Waals surface area contributed by atoms with Gasteiger partial charge in [0.1, 0.15) is 12.1 Å². The number of rotatable bonds is 3. The maximum atomic E-state index is 13.3. The van der Waals surface area contributed by atoms with Gasteiger partial charge in [-0.3, -0.25) is 15.2 Å². The highest BCUT2D eigenvalue weighted by atomic mass is 16.5. The lowest BCUT2D eigenvalue weighted by Gasteiger charge is -2.35. The van der Waals surface area contributed by atoms with E-state index in [0.29, 0.717) is 17.5 Å². The van der Waals surface area contributed by atoms with Gasteiger partial charge in [0.25, 0.3) is 0 Å². The molecule has 5 heterocycles. The summed E-state index contributed by atoms with van der Waals surface area (Å²) >= 11 is 0. The normalized spacial score (nSPS) is 16.9. The molecule has 0 radical (unpaired) electrons. The van der Waals surface area contributed by atoms with Gasteiger partial charge in [-0.15, -0.1) is 0 Å². The van der Waals surface area contributed by atoms with Crippen molar-refractivity contribution in [2.75, 3.05) is 35.3 Å². The van der Waals surface area contributed by atoms with E-state index in [1.54, 1.807) is 17.2 Å². The number of urea groups is 1. The molecule has 3 aromatic rings. The lowest BCUT2D eigenvalue weighted by Crippen LogP contribution is -2.48. The summed E-state index contributed by atoms with van der Waals surface area (Å²) in [4.78, 5) is 34.6. The van der Waals surface area contributed by atoms with Crippen LogP contribution in [0.3, 0.4) is 0 Å². The molecule has 1 saturated heterocycles. The van der Waals surface area contributed by atoms with Crippen molar-refractivity contribution in [3.63, 3.8) is 0 Å². The predicted octanol–water partition coefficient (Wildman–Crippen LogP) is 2.88. The number of hydrogen-bond donors (Lipinski definition) is 1. The van der Waals surface area contributed by atoms with E-state index in [-0.39, 0.29) is 12.1 Å². The highest BCUT2D eigenvalue weighted by Gasteiger charge is 2.40. The van der Waals surface area contributed by atoms with Crippen LogP contribution in [0.15, 0.2) is 42.9 Å². The number of carbonyl (C=O) groups excluding carboxylic acids is 1. The third kappa shape index (κ3) is 3.18. The zero-order chi connectivity index (χ0) is 20.7. The summed E-state index contributed by atoms with van der Waals surface area (Å²) in [7, 11) is 1.52. The van der Waals surface area contributed by atoms with E-state index in [9.17, 15) is 4.79 Å². The first-order chi connectivity index (χ1) is 14.6. The average molecular weight is 403 g/mol. The van der Waals surface area contributed by atoms with Crippen molar-refractivity contribution in [1.82, 2.24) is 19.9 Å². The van der Waals surface area contributed by atoms with Crippen LogP contribution in [0.1, 0.15) is 12.1 Å². The van der Waals surface area contributed by atoms with E-state index in [1.165, 1.54) is 13.4 Å². The number of nitrogens with zero attached hydrogens (tertiary/aromatic N) is 6. The summed E-state index contributed by atoms with van der Waals surface area (Å²) in [6.45, 7) is 3.64.